The zero-order valence-electron chi connectivity index (χ0n) is 34.8. The van der Waals surface area contributed by atoms with Crippen molar-refractivity contribution < 1.29 is 52.7 Å². The van der Waals surface area contributed by atoms with Crippen molar-refractivity contribution in [3.05, 3.63) is 54.3 Å². The second-order valence-corrected chi connectivity index (χ2v) is 15.7. The van der Waals surface area contributed by atoms with Crippen LogP contribution in [0.2, 0.25) is 0 Å². The molecule has 3 aliphatic rings. The maximum absolute atomic E-state index is 14.2. The van der Waals surface area contributed by atoms with Gasteiger partial charge in [0.25, 0.3) is 0 Å². The number of nitrogens with zero attached hydrogens (tertiary/aromatic N) is 4. The quantitative estimate of drug-likeness (QED) is 0.122. The predicted molar refractivity (Wildman–Crippen MR) is 208 cm³/mol. The Kier molecular flexibility index (Phi) is 15.6. The third-order valence-corrected chi connectivity index (χ3v) is 11.2. The molecule has 0 saturated carbocycles. The number of hydrogen-bond donors (Lipinski definition) is 1. The predicted octanol–water partition coefficient (Wildman–Crippen LogP) is 5.48. The fraction of sp³-hybridized carbons (Fsp3) is 0.683. The van der Waals surface area contributed by atoms with Gasteiger partial charge < -0.3 is 48.0 Å². The number of carbonyl (C=O) groups is 2. The van der Waals surface area contributed by atoms with E-state index in [1.807, 2.05) is 66.6 Å². The van der Waals surface area contributed by atoms with Gasteiger partial charge in [0.15, 0.2) is 18.0 Å². The van der Waals surface area contributed by atoms with Gasteiger partial charge >= 0.3 is 12.1 Å². The van der Waals surface area contributed by atoms with E-state index >= 15 is 0 Å². The zero-order chi connectivity index (χ0) is 41.4. The average Bonchev–Trinajstić information content (AvgIpc) is 3.48. The highest BCUT2D eigenvalue weighted by molar-refractivity contribution is 5.90. The van der Waals surface area contributed by atoms with Crippen molar-refractivity contribution in [1.29, 1.82) is 0 Å². The summed E-state index contributed by atoms with van der Waals surface area (Å²) in [7, 11) is 5.40. The number of methoxy groups -OCH3 is 1. The molecular weight excluding hydrogens is 724 g/mol. The van der Waals surface area contributed by atoms with Crippen molar-refractivity contribution in [2.24, 2.45) is 22.9 Å². The van der Waals surface area contributed by atoms with E-state index in [1.54, 1.807) is 45.5 Å². The lowest BCUT2D eigenvalue weighted by molar-refractivity contribution is -0.296. The van der Waals surface area contributed by atoms with Gasteiger partial charge in [0.05, 0.1) is 29.1 Å². The summed E-state index contributed by atoms with van der Waals surface area (Å²) in [6, 6.07) is -0.245. The number of rotatable bonds is 12. The molecule has 1 N–H and O–H groups in total. The van der Waals surface area contributed by atoms with Crippen LogP contribution in [0.5, 0.6) is 0 Å². The molecule has 0 bridgehead atoms. The minimum atomic E-state index is -1.39. The van der Waals surface area contributed by atoms with Crippen molar-refractivity contribution >= 4 is 23.9 Å². The molecule has 0 aliphatic carbocycles. The second kappa shape index (κ2) is 19.5. The Hall–Kier alpha value is -3.89. The van der Waals surface area contributed by atoms with E-state index in [-0.39, 0.29) is 42.6 Å². The summed E-state index contributed by atoms with van der Waals surface area (Å²) < 4.78 is 43.7. The maximum Gasteiger partial charge on any atom is 0.509 e. The van der Waals surface area contributed by atoms with Gasteiger partial charge in [-0.05, 0) is 67.1 Å². The zero-order valence-corrected chi connectivity index (χ0v) is 34.8. The van der Waals surface area contributed by atoms with Gasteiger partial charge in [-0.1, -0.05) is 51.6 Å². The van der Waals surface area contributed by atoms with Gasteiger partial charge in [-0.15, -0.1) is 0 Å². The smallest absolute Gasteiger partial charge is 0.493 e. The van der Waals surface area contributed by atoms with Crippen LogP contribution < -0.4 is 0 Å². The Bertz CT molecular complexity index is 1590. The number of aromatic nitrogens is 2. The normalized spacial score (nSPS) is 38.1. The summed E-state index contributed by atoms with van der Waals surface area (Å²) in [5, 5.41) is 16.3. The van der Waals surface area contributed by atoms with Gasteiger partial charge in [-0.3, -0.25) is 0 Å². The van der Waals surface area contributed by atoms with E-state index in [1.165, 1.54) is 6.33 Å². The highest BCUT2D eigenvalue weighted by Crippen LogP contribution is 2.43. The third-order valence-electron chi connectivity index (χ3n) is 11.2. The first-order valence-corrected chi connectivity index (χ1v) is 19.4. The molecule has 1 aromatic heterocycles. The Morgan fingerprint density at radius 3 is 2.41 bits per heavy atom. The van der Waals surface area contributed by atoms with Crippen LogP contribution in [0.3, 0.4) is 0 Å². The van der Waals surface area contributed by atoms with E-state index in [4.69, 9.17) is 38.0 Å². The molecular formula is C41H62N4O11. The van der Waals surface area contributed by atoms with Crippen LogP contribution >= 0.6 is 0 Å². The molecule has 56 heavy (non-hydrogen) atoms. The lowest BCUT2D eigenvalue weighted by Gasteiger charge is -2.47. The molecule has 0 spiro atoms. The maximum atomic E-state index is 14.2. The highest BCUT2D eigenvalue weighted by Gasteiger charge is 2.58. The van der Waals surface area contributed by atoms with Crippen LogP contribution in [0, 0.1) is 17.8 Å². The second-order valence-electron chi connectivity index (χ2n) is 15.7. The lowest BCUT2D eigenvalue weighted by atomic mass is 9.74. The van der Waals surface area contributed by atoms with E-state index in [9.17, 15) is 14.7 Å². The Balaban J connectivity index is 1.87. The fourth-order valence-electron chi connectivity index (χ4n) is 8.25. The van der Waals surface area contributed by atoms with Crippen molar-refractivity contribution in [1.82, 2.24) is 14.9 Å². The number of aliphatic hydroxyl groups is 1. The van der Waals surface area contributed by atoms with Gasteiger partial charge in [-0.25, -0.2) is 19.6 Å². The van der Waals surface area contributed by atoms with E-state index in [2.05, 4.69) is 21.7 Å². The van der Waals surface area contributed by atoms with E-state index < -0.39 is 65.9 Å². The van der Waals surface area contributed by atoms with Gasteiger partial charge in [0, 0.05) is 48.9 Å². The summed E-state index contributed by atoms with van der Waals surface area (Å²) in [5.41, 5.74) is -1.00. The molecule has 12 atom stereocenters. The summed E-state index contributed by atoms with van der Waals surface area (Å²) >= 11 is 0. The lowest BCUT2D eigenvalue weighted by Crippen LogP contribution is -2.58. The summed E-state index contributed by atoms with van der Waals surface area (Å²) in [4.78, 5) is 43.1. The van der Waals surface area contributed by atoms with Crippen LogP contribution in [-0.4, -0.2) is 126 Å². The van der Waals surface area contributed by atoms with Crippen LogP contribution in [-0.2, 0) is 42.8 Å². The monoisotopic (exact) mass is 786 g/mol. The molecule has 0 aromatic carbocycles. The number of cyclic esters (lactones) is 1. The molecule has 4 heterocycles. The standard InChI is InChI=1S/C41H62N4O11/c1-13-17-50-34-27(6)35(54-38-33(46)30(45(10)11)19-25(4)52-38)40(8,49-12)20-24(3)32(44-51-18-15-16-29-21-42-23-43-22-29)26(5)36-41(9,56-39(48)55-36)31(14-2)53-37(47)28(34)7/h13,15-16,21-27,30-31,33,35-36,38,46H,1,14,17-20H2,2-12H3/b16-15+,34-28+,44-32+/t24-,25-,26+,27+,30+,31-,33-,35-,36-,38+,40-,41-/m1/s1. The molecule has 0 unspecified atom stereocenters. The fourth-order valence-corrected chi connectivity index (χ4v) is 8.25. The average molecular weight is 787 g/mol. The number of ether oxygens (including phenoxy) is 7. The summed E-state index contributed by atoms with van der Waals surface area (Å²) in [6.45, 7) is 18.8. The van der Waals surface area contributed by atoms with Crippen LogP contribution in [0.15, 0.2) is 53.9 Å². The van der Waals surface area contributed by atoms with E-state index in [0.717, 1.165) is 5.56 Å². The number of hydrogen-bond acceptors (Lipinski definition) is 15. The minimum Gasteiger partial charge on any atom is -0.493 e. The van der Waals surface area contributed by atoms with E-state index in [0.29, 0.717) is 25.0 Å². The molecule has 15 nitrogen and oxygen atoms in total. The Labute approximate surface area is 331 Å². The number of carbonyl (C=O) groups excluding carboxylic acids is 2. The van der Waals surface area contributed by atoms with Crippen molar-refractivity contribution in [2.75, 3.05) is 34.4 Å². The first kappa shape index (κ1) is 44.8. The number of oxime groups is 1. The topological polar surface area (TPSA) is 170 Å². The van der Waals surface area contributed by atoms with Gasteiger partial charge in [0.2, 0.25) is 0 Å². The molecule has 3 aliphatic heterocycles. The number of fused-ring (bicyclic) bond motifs is 1. The first-order valence-electron chi connectivity index (χ1n) is 19.4. The third kappa shape index (κ3) is 10.2. The Morgan fingerprint density at radius 1 is 1.09 bits per heavy atom. The SMILES string of the molecule is C=CCO/C1=C(\C)C(=O)O[C@H](CC)[C@@]2(C)OC(=O)O[C@@H]2[C@@H](C)/C(=N/OC/C=C/c2cncnc2)[C@H](C)C[C@@](C)(OC)[C@H](O[C@@H]2O[C@H](C)C[C@H](N(C)C)[C@H]2O)[C@H]1C. The van der Waals surface area contributed by atoms with Gasteiger partial charge in [-0.2, -0.15) is 0 Å². The van der Waals surface area contributed by atoms with Crippen molar-refractivity contribution in [2.45, 2.75) is 129 Å². The Morgan fingerprint density at radius 2 is 1.79 bits per heavy atom. The molecule has 312 valence electrons. The van der Waals surface area contributed by atoms with Crippen molar-refractivity contribution in [3.63, 3.8) is 0 Å². The number of aliphatic hydroxyl groups excluding tert-OH is 1. The molecule has 4 rings (SSSR count). The highest BCUT2D eigenvalue weighted by atomic mass is 16.8. The van der Waals surface area contributed by atoms with Crippen molar-refractivity contribution in [3.8, 4) is 0 Å². The molecule has 0 amide bonds. The minimum absolute atomic E-state index is 0.0826. The number of likely N-dealkylation sites (N-methyl/N-ethyl adjacent to an activating group) is 1. The molecule has 2 fully saturated rings. The first-order chi connectivity index (χ1) is 26.5. The van der Waals surface area contributed by atoms with Crippen LogP contribution in [0.25, 0.3) is 6.08 Å². The molecule has 1 aromatic rings. The van der Waals surface area contributed by atoms with Gasteiger partial charge in [0.1, 0.15) is 37.5 Å². The summed E-state index contributed by atoms with van der Waals surface area (Å²) in [5.74, 6) is -2.03. The molecule has 0 radical (unpaired) electrons. The largest absolute Gasteiger partial charge is 0.509 e. The van der Waals surface area contributed by atoms with Crippen LogP contribution in [0.1, 0.15) is 80.2 Å². The van der Waals surface area contributed by atoms with Crippen LogP contribution in [0.4, 0.5) is 4.79 Å². The molecule has 2 saturated heterocycles. The summed E-state index contributed by atoms with van der Waals surface area (Å²) in [6.07, 6.45) is 5.33. The molecule has 15 heteroatoms. The number of esters is 1.